The first-order chi connectivity index (χ1) is 13.3. The van der Waals surface area contributed by atoms with Crippen molar-refractivity contribution < 1.29 is 17.9 Å². The summed E-state index contributed by atoms with van der Waals surface area (Å²) in [6.45, 7) is 4.12. The van der Waals surface area contributed by atoms with E-state index in [1.165, 1.54) is 22.5 Å². The topological polar surface area (TPSA) is 75.7 Å². The molecule has 0 radical (unpaired) electrons. The van der Waals surface area contributed by atoms with Crippen molar-refractivity contribution in [2.45, 2.75) is 25.3 Å². The van der Waals surface area contributed by atoms with Gasteiger partial charge in [-0.25, -0.2) is 8.42 Å². The standard InChI is InChI=1S/C19H22Cl2N2O4S/c1-3-23(4-2)28(25,26)18-11-15(9-10-17(18)21)22-19(24)13-27-12-14-7-5-6-8-16(14)20/h5-11H,3-4,12-13H2,1-2H3,(H,22,24). The third-order valence-corrected chi connectivity index (χ3v) is 6.89. The minimum atomic E-state index is -3.74. The average Bonchev–Trinajstić information content (AvgIpc) is 2.65. The molecule has 2 aromatic rings. The van der Waals surface area contributed by atoms with Crippen LogP contribution in [0.5, 0.6) is 0 Å². The van der Waals surface area contributed by atoms with Crippen LogP contribution in [0, 0.1) is 0 Å². The number of anilines is 1. The van der Waals surface area contributed by atoms with Gasteiger partial charge in [0.05, 0.1) is 11.6 Å². The van der Waals surface area contributed by atoms with Gasteiger partial charge in [-0.3, -0.25) is 4.79 Å². The van der Waals surface area contributed by atoms with Crippen LogP contribution in [0.25, 0.3) is 0 Å². The summed E-state index contributed by atoms with van der Waals surface area (Å²) in [7, 11) is -3.74. The molecule has 0 spiro atoms. The number of hydrogen-bond donors (Lipinski definition) is 1. The number of nitrogens with zero attached hydrogens (tertiary/aromatic N) is 1. The molecule has 0 aliphatic rings. The van der Waals surface area contributed by atoms with Crippen molar-refractivity contribution >= 4 is 44.8 Å². The number of rotatable bonds is 9. The summed E-state index contributed by atoms with van der Waals surface area (Å²) in [5.74, 6) is -0.416. The number of hydrogen-bond acceptors (Lipinski definition) is 4. The Morgan fingerprint density at radius 3 is 2.39 bits per heavy atom. The molecule has 0 aliphatic heterocycles. The summed E-state index contributed by atoms with van der Waals surface area (Å²) in [5.41, 5.74) is 1.09. The lowest BCUT2D eigenvalue weighted by molar-refractivity contribution is -0.121. The lowest BCUT2D eigenvalue weighted by atomic mass is 10.2. The highest BCUT2D eigenvalue weighted by atomic mass is 35.5. The second kappa shape index (κ2) is 10.2. The van der Waals surface area contributed by atoms with E-state index < -0.39 is 15.9 Å². The van der Waals surface area contributed by atoms with Crippen LogP contribution in [0.2, 0.25) is 10.0 Å². The molecule has 0 aliphatic carbocycles. The fourth-order valence-corrected chi connectivity index (χ4v) is 4.70. The van der Waals surface area contributed by atoms with Gasteiger partial charge in [0.15, 0.2) is 0 Å². The molecule has 0 bridgehead atoms. The fourth-order valence-electron chi connectivity index (χ4n) is 2.55. The second-order valence-electron chi connectivity index (χ2n) is 5.87. The Morgan fingerprint density at radius 2 is 1.75 bits per heavy atom. The van der Waals surface area contributed by atoms with E-state index in [0.29, 0.717) is 23.8 Å². The van der Waals surface area contributed by atoms with Gasteiger partial charge in [-0.1, -0.05) is 55.2 Å². The SMILES string of the molecule is CCN(CC)S(=O)(=O)c1cc(NC(=O)COCc2ccccc2Cl)ccc1Cl. The highest BCUT2D eigenvalue weighted by molar-refractivity contribution is 7.89. The molecule has 0 fully saturated rings. The Labute approximate surface area is 175 Å². The van der Waals surface area contributed by atoms with Crippen LogP contribution >= 0.6 is 23.2 Å². The maximum atomic E-state index is 12.7. The molecule has 1 N–H and O–H groups in total. The van der Waals surface area contributed by atoms with Crippen molar-refractivity contribution in [1.82, 2.24) is 4.31 Å². The zero-order valence-corrected chi connectivity index (χ0v) is 17.9. The lowest BCUT2D eigenvalue weighted by Crippen LogP contribution is -2.31. The maximum absolute atomic E-state index is 12.7. The highest BCUT2D eigenvalue weighted by Crippen LogP contribution is 2.27. The van der Waals surface area contributed by atoms with Crippen molar-refractivity contribution in [3.63, 3.8) is 0 Å². The van der Waals surface area contributed by atoms with Crippen LogP contribution in [0.1, 0.15) is 19.4 Å². The van der Waals surface area contributed by atoms with Crippen molar-refractivity contribution in [2.24, 2.45) is 0 Å². The molecule has 152 valence electrons. The summed E-state index contributed by atoms with van der Waals surface area (Å²) in [6, 6.07) is 11.5. The Morgan fingerprint density at radius 1 is 1.07 bits per heavy atom. The number of sulfonamides is 1. The quantitative estimate of drug-likeness (QED) is 0.629. The molecule has 0 heterocycles. The van der Waals surface area contributed by atoms with E-state index in [-0.39, 0.29) is 23.1 Å². The van der Waals surface area contributed by atoms with E-state index >= 15 is 0 Å². The molecule has 9 heteroatoms. The fraction of sp³-hybridized carbons (Fsp3) is 0.316. The third-order valence-electron chi connectivity index (χ3n) is 3.99. The van der Waals surface area contributed by atoms with Crippen molar-refractivity contribution in [1.29, 1.82) is 0 Å². The van der Waals surface area contributed by atoms with Crippen LogP contribution in [0.4, 0.5) is 5.69 Å². The minimum absolute atomic E-state index is 0.0485. The number of halogens is 2. The summed E-state index contributed by atoms with van der Waals surface area (Å²) < 4.78 is 32.1. The third kappa shape index (κ3) is 5.68. The normalized spacial score (nSPS) is 11.6. The van der Waals surface area contributed by atoms with Gasteiger partial charge in [0.25, 0.3) is 0 Å². The summed E-state index contributed by atoms with van der Waals surface area (Å²) in [4.78, 5) is 12.1. The first-order valence-corrected chi connectivity index (χ1v) is 10.9. The number of carbonyl (C=O) groups excluding carboxylic acids is 1. The van der Waals surface area contributed by atoms with Crippen LogP contribution in [-0.4, -0.2) is 38.3 Å². The zero-order valence-electron chi connectivity index (χ0n) is 15.6. The minimum Gasteiger partial charge on any atom is -0.367 e. The first kappa shape index (κ1) is 22.6. The van der Waals surface area contributed by atoms with Crippen LogP contribution in [0.15, 0.2) is 47.4 Å². The van der Waals surface area contributed by atoms with Gasteiger partial charge in [0.2, 0.25) is 15.9 Å². The maximum Gasteiger partial charge on any atom is 0.250 e. The van der Waals surface area contributed by atoms with Crippen molar-refractivity contribution in [2.75, 3.05) is 25.0 Å². The largest absolute Gasteiger partial charge is 0.367 e. The molecular weight excluding hydrogens is 423 g/mol. The summed E-state index contributed by atoms with van der Waals surface area (Å²) in [6.07, 6.45) is 0. The van der Waals surface area contributed by atoms with E-state index in [1.807, 2.05) is 18.2 Å². The van der Waals surface area contributed by atoms with Crippen LogP contribution < -0.4 is 5.32 Å². The molecule has 0 aromatic heterocycles. The van der Waals surface area contributed by atoms with E-state index in [1.54, 1.807) is 19.9 Å². The lowest BCUT2D eigenvalue weighted by Gasteiger charge is -2.19. The molecule has 0 saturated carbocycles. The van der Waals surface area contributed by atoms with Gasteiger partial charge < -0.3 is 10.1 Å². The van der Waals surface area contributed by atoms with Gasteiger partial charge >= 0.3 is 0 Å². The monoisotopic (exact) mass is 444 g/mol. The number of nitrogens with one attached hydrogen (secondary N) is 1. The highest BCUT2D eigenvalue weighted by Gasteiger charge is 2.25. The predicted octanol–water partition coefficient (Wildman–Crippen LogP) is 4.18. The van der Waals surface area contributed by atoms with Crippen molar-refractivity contribution in [3.05, 3.63) is 58.1 Å². The number of amides is 1. The van der Waals surface area contributed by atoms with E-state index in [2.05, 4.69) is 5.32 Å². The molecule has 2 aromatic carbocycles. The molecule has 0 atom stereocenters. The van der Waals surface area contributed by atoms with Crippen LogP contribution in [-0.2, 0) is 26.2 Å². The number of carbonyl (C=O) groups is 1. The summed E-state index contributed by atoms with van der Waals surface area (Å²) in [5, 5.41) is 3.28. The number of benzene rings is 2. The van der Waals surface area contributed by atoms with Gasteiger partial charge in [-0.15, -0.1) is 0 Å². The van der Waals surface area contributed by atoms with E-state index in [9.17, 15) is 13.2 Å². The Bertz CT molecular complexity index is 931. The molecule has 1 amide bonds. The Kier molecular flexibility index (Phi) is 8.27. The molecule has 28 heavy (non-hydrogen) atoms. The van der Waals surface area contributed by atoms with Gasteiger partial charge in [-0.05, 0) is 29.8 Å². The Balaban J connectivity index is 2.04. The first-order valence-electron chi connectivity index (χ1n) is 8.70. The molecule has 2 rings (SSSR count). The zero-order chi connectivity index (χ0) is 20.7. The van der Waals surface area contributed by atoms with Gasteiger partial charge in [-0.2, -0.15) is 4.31 Å². The van der Waals surface area contributed by atoms with E-state index in [0.717, 1.165) is 5.56 Å². The molecule has 6 nitrogen and oxygen atoms in total. The smallest absolute Gasteiger partial charge is 0.250 e. The van der Waals surface area contributed by atoms with Crippen LogP contribution in [0.3, 0.4) is 0 Å². The average molecular weight is 445 g/mol. The predicted molar refractivity (Wildman–Crippen MR) is 111 cm³/mol. The second-order valence-corrected chi connectivity index (χ2v) is 8.59. The van der Waals surface area contributed by atoms with E-state index in [4.69, 9.17) is 27.9 Å². The molecule has 0 unspecified atom stereocenters. The summed E-state index contributed by atoms with van der Waals surface area (Å²) >= 11 is 12.1. The van der Waals surface area contributed by atoms with Gasteiger partial charge in [0.1, 0.15) is 11.5 Å². The molecule has 0 saturated heterocycles. The number of ether oxygens (including phenoxy) is 1. The van der Waals surface area contributed by atoms with Crippen molar-refractivity contribution in [3.8, 4) is 0 Å². The molecular formula is C19H22Cl2N2O4S. The Hall–Kier alpha value is -1.64. The van der Waals surface area contributed by atoms with Gasteiger partial charge in [0, 0.05) is 23.8 Å².